The highest BCUT2D eigenvalue weighted by molar-refractivity contribution is 7.92. The molecule has 2 aliphatic rings. The summed E-state index contributed by atoms with van der Waals surface area (Å²) in [5.74, 6) is 0.521. The average Bonchev–Trinajstić information content (AvgIpc) is 2.51. The van der Waals surface area contributed by atoms with Crippen LogP contribution >= 0.6 is 0 Å². The van der Waals surface area contributed by atoms with Crippen LogP contribution in [0.2, 0.25) is 0 Å². The van der Waals surface area contributed by atoms with Crippen molar-refractivity contribution in [2.75, 3.05) is 31.1 Å². The van der Waals surface area contributed by atoms with Crippen molar-refractivity contribution in [2.45, 2.75) is 31.6 Å². The first kappa shape index (κ1) is 18.6. The first-order valence-electron chi connectivity index (χ1n) is 8.19. The maximum atomic E-state index is 14.2. The van der Waals surface area contributed by atoms with E-state index in [0.29, 0.717) is 6.54 Å². The van der Waals surface area contributed by atoms with Crippen LogP contribution in [0.3, 0.4) is 0 Å². The van der Waals surface area contributed by atoms with Gasteiger partial charge in [-0.25, -0.2) is 12.8 Å². The van der Waals surface area contributed by atoms with Crippen LogP contribution in [0.15, 0.2) is 18.3 Å². The Morgan fingerprint density at radius 1 is 1.20 bits per heavy atom. The molecule has 1 atom stereocenters. The van der Waals surface area contributed by atoms with Crippen LogP contribution in [0.1, 0.15) is 36.7 Å². The fraction of sp³-hybridized carbons (Fsp3) is 0.688. The minimum Gasteiger partial charge on any atom is -0.303 e. The Hall–Kier alpha value is -1.22. The molecule has 25 heavy (non-hydrogen) atoms. The number of aromatic nitrogens is 1. The number of alkyl halides is 4. The first-order valence-corrected chi connectivity index (χ1v) is 10.0. The number of rotatable bonds is 4. The van der Waals surface area contributed by atoms with E-state index < -0.39 is 27.9 Å². The van der Waals surface area contributed by atoms with Crippen LogP contribution in [0, 0.1) is 5.41 Å². The summed E-state index contributed by atoms with van der Waals surface area (Å²) >= 11 is 0. The second-order valence-corrected chi connectivity index (χ2v) is 9.17. The van der Waals surface area contributed by atoms with Crippen LogP contribution in [0.5, 0.6) is 0 Å². The standard InChI is InChI=1S/C16H20F4N2O2S/c17-13(12-1-2-14(21-9-12)16(18,19)20)3-6-22-7-4-15(5-8-22)10-25(23,24)11-15/h1-2,9,13H,3-8,10-11H2. The predicted molar refractivity (Wildman–Crippen MR) is 84.5 cm³/mol. The molecule has 2 fully saturated rings. The molecular formula is C16H20F4N2O2S. The zero-order valence-corrected chi connectivity index (χ0v) is 14.4. The van der Waals surface area contributed by atoms with Gasteiger partial charge in [0.1, 0.15) is 11.9 Å². The van der Waals surface area contributed by atoms with Crippen molar-refractivity contribution in [1.82, 2.24) is 9.88 Å². The third-order valence-corrected chi connectivity index (χ3v) is 7.21. The minimum absolute atomic E-state index is 0.0816. The number of hydrogen-bond acceptors (Lipinski definition) is 4. The van der Waals surface area contributed by atoms with Crippen LogP contribution in [0.4, 0.5) is 17.6 Å². The highest BCUT2D eigenvalue weighted by atomic mass is 32.2. The number of piperidine rings is 1. The Balaban J connectivity index is 1.46. The number of halogens is 4. The number of hydrogen-bond donors (Lipinski definition) is 0. The monoisotopic (exact) mass is 380 g/mol. The lowest BCUT2D eigenvalue weighted by atomic mass is 9.81. The van der Waals surface area contributed by atoms with E-state index in [1.54, 1.807) is 0 Å². The van der Waals surface area contributed by atoms with Gasteiger partial charge in [0.05, 0.1) is 11.5 Å². The highest BCUT2D eigenvalue weighted by Gasteiger charge is 2.49. The summed E-state index contributed by atoms with van der Waals surface area (Å²) in [5, 5.41) is 0. The van der Waals surface area contributed by atoms with E-state index in [1.807, 2.05) is 0 Å². The molecule has 0 radical (unpaired) electrons. The van der Waals surface area contributed by atoms with Gasteiger partial charge in [0, 0.05) is 23.7 Å². The summed E-state index contributed by atoms with van der Waals surface area (Å²) in [5.41, 5.74) is -0.964. The predicted octanol–water partition coefficient (Wildman–Crippen LogP) is 3.01. The number of pyridine rings is 1. The third kappa shape index (κ3) is 4.31. The van der Waals surface area contributed by atoms with Gasteiger partial charge in [-0.2, -0.15) is 13.2 Å². The summed E-state index contributed by atoms with van der Waals surface area (Å²) in [6, 6.07) is 1.93. The molecule has 1 unspecified atom stereocenters. The lowest BCUT2D eigenvalue weighted by Gasteiger charge is -2.47. The van der Waals surface area contributed by atoms with Crippen molar-refractivity contribution in [1.29, 1.82) is 0 Å². The van der Waals surface area contributed by atoms with Gasteiger partial charge in [-0.15, -0.1) is 0 Å². The molecule has 1 aromatic rings. The SMILES string of the molecule is O=S1(=O)CC2(CCN(CCC(F)c3ccc(C(F)(F)F)nc3)CC2)C1. The molecule has 0 N–H and O–H groups in total. The largest absolute Gasteiger partial charge is 0.433 e. The minimum atomic E-state index is -4.52. The fourth-order valence-corrected chi connectivity index (χ4v) is 6.01. The van der Waals surface area contributed by atoms with Crippen molar-refractivity contribution in [3.05, 3.63) is 29.6 Å². The molecule has 0 aliphatic carbocycles. The van der Waals surface area contributed by atoms with Crippen molar-refractivity contribution >= 4 is 9.84 Å². The molecule has 3 heterocycles. The quantitative estimate of drug-likeness (QED) is 0.754. The van der Waals surface area contributed by atoms with Crippen LogP contribution in [-0.2, 0) is 16.0 Å². The van der Waals surface area contributed by atoms with E-state index >= 15 is 0 Å². The molecule has 0 amide bonds. The van der Waals surface area contributed by atoms with Gasteiger partial charge in [-0.3, -0.25) is 4.98 Å². The van der Waals surface area contributed by atoms with Crippen molar-refractivity contribution in [3.8, 4) is 0 Å². The Morgan fingerprint density at radius 2 is 1.84 bits per heavy atom. The maximum Gasteiger partial charge on any atom is 0.433 e. The number of nitrogens with zero attached hydrogens (tertiary/aromatic N) is 2. The van der Waals surface area contributed by atoms with Crippen molar-refractivity contribution in [2.24, 2.45) is 5.41 Å². The second-order valence-electron chi connectivity index (χ2n) is 7.10. The van der Waals surface area contributed by atoms with Gasteiger partial charge in [0.2, 0.25) is 0 Å². The van der Waals surface area contributed by atoms with Crippen LogP contribution in [0.25, 0.3) is 0 Å². The molecule has 140 valence electrons. The lowest BCUT2D eigenvalue weighted by molar-refractivity contribution is -0.141. The first-order chi connectivity index (χ1) is 11.6. The smallest absolute Gasteiger partial charge is 0.303 e. The molecular weight excluding hydrogens is 360 g/mol. The third-order valence-electron chi connectivity index (χ3n) is 5.11. The summed E-state index contributed by atoms with van der Waals surface area (Å²) < 4.78 is 74.3. The van der Waals surface area contributed by atoms with E-state index in [4.69, 9.17) is 0 Å². The normalized spacial score (nSPS) is 24.0. The zero-order valence-electron chi connectivity index (χ0n) is 13.6. The van der Waals surface area contributed by atoms with E-state index in [-0.39, 0.29) is 28.9 Å². The van der Waals surface area contributed by atoms with Gasteiger partial charge < -0.3 is 4.90 Å². The molecule has 3 rings (SSSR count). The van der Waals surface area contributed by atoms with E-state index in [0.717, 1.165) is 44.3 Å². The van der Waals surface area contributed by atoms with Crippen molar-refractivity contribution in [3.63, 3.8) is 0 Å². The van der Waals surface area contributed by atoms with E-state index in [2.05, 4.69) is 9.88 Å². The van der Waals surface area contributed by atoms with Gasteiger partial charge in [0.25, 0.3) is 0 Å². The Kier molecular flexibility index (Phi) is 4.83. The second kappa shape index (κ2) is 6.50. The van der Waals surface area contributed by atoms with Crippen LogP contribution < -0.4 is 0 Å². The van der Waals surface area contributed by atoms with Gasteiger partial charge >= 0.3 is 6.18 Å². The molecule has 4 nitrogen and oxygen atoms in total. The molecule has 1 spiro atoms. The number of likely N-dealkylation sites (tertiary alicyclic amines) is 1. The Labute approximate surface area is 144 Å². The lowest BCUT2D eigenvalue weighted by Crippen LogP contribution is -2.54. The zero-order chi connectivity index (χ0) is 18.3. The fourth-order valence-electron chi connectivity index (χ4n) is 3.65. The molecule has 2 saturated heterocycles. The van der Waals surface area contributed by atoms with Gasteiger partial charge in [-0.1, -0.05) is 6.07 Å². The van der Waals surface area contributed by atoms with Crippen LogP contribution in [-0.4, -0.2) is 49.4 Å². The molecule has 0 aromatic carbocycles. The number of sulfone groups is 1. The van der Waals surface area contributed by atoms with Gasteiger partial charge in [-0.05, 0) is 38.4 Å². The maximum absolute atomic E-state index is 14.2. The van der Waals surface area contributed by atoms with E-state index in [1.165, 1.54) is 0 Å². The Bertz CT molecular complexity index is 697. The summed E-state index contributed by atoms with van der Waals surface area (Å²) in [4.78, 5) is 5.37. The molecule has 0 bridgehead atoms. The van der Waals surface area contributed by atoms with Gasteiger partial charge in [0.15, 0.2) is 9.84 Å². The summed E-state index contributed by atoms with van der Waals surface area (Å²) in [6.45, 7) is 1.95. The van der Waals surface area contributed by atoms with E-state index in [9.17, 15) is 26.0 Å². The molecule has 0 saturated carbocycles. The Morgan fingerprint density at radius 3 is 2.32 bits per heavy atom. The molecule has 9 heteroatoms. The molecule has 1 aromatic heterocycles. The highest BCUT2D eigenvalue weighted by Crippen LogP contribution is 2.42. The summed E-state index contributed by atoms with van der Waals surface area (Å²) in [7, 11) is -2.85. The topological polar surface area (TPSA) is 50.3 Å². The molecule has 2 aliphatic heterocycles. The van der Waals surface area contributed by atoms with Crippen molar-refractivity contribution < 1.29 is 26.0 Å². The average molecular weight is 380 g/mol. The summed E-state index contributed by atoms with van der Waals surface area (Å²) in [6.07, 6.45) is -3.18.